The molecule has 10 heteroatoms. The van der Waals surface area contributed by atoms with E-state index in [0.717, 1.165) is 0 Å². The average molecular weight is 637 g/mol. The summed E-state index contributed by atoms with van der Waals surface area (Å²) in [6.45, 7) is 41.2. The van der Waals surface area contributed by atoms with Crippen molar-refractivity contribution in [2.24, 2.45) is 0 Å². The van der Waals surface area contributed by atoms with E-state index in [-0.39, 0.29) is 9.52 Å². The molecule has 0 unspecified atom stereocenters. The van der Waals surface area contributed by atoms with Crippen molar-refractivity contribution in [2.75, 3.05) is 0 Å². The number of halogens is 3. The summed E-state index contributed by atoms with van der Waals surface area (Å²) in [5.41, 5.74) is -5.35. The van der Waals surface area contributed by atoms with E-state index in [1.807, 2.05) is 0 Å². The first-order chi connectivity index (χ1) is 16.5. The summed E-state index contributed by atoms with van der Waals surface area (Å²) in [4.78, 5) is 0. The monoisotopic (exact) mass is 636 g/mol. The van der Waals surface area contributed by atoms with E-state index < -0.39 is 43.5 Å². The van der Waals surface area contributed by atoms with Gasteiger partial charge < -0.3 is 3.87 Å². The summed E-state index contributed by atoms with van der Waals surface area (Å²) >= 11 is 0. The van der Waals surface area contributed by atoms with Crippen LogP contribution >= 0.6 is 0 Å². The number of hydrogen-bond donors (Lipinski definition) is 0. The van der Waals surface area contributed by atoms with Crippen molar-refractivity contribution >= 4 is 37.5 Å². The van der Waals surface area contributed by atoms with Crippen LogP contribution in [0, 0.1) is 0 Å². The zero-order valence-corrected chi connectivity index (χ0v) is 33.8. The van der Waals surface area contributed by atoms with Gasteiger partial charge in [0.1, 0.15) is 0 Å². The Morgan fingerprint density at radius 1 is 0.615 bits per heavy atom. The molecule has 0 aromatic carbocycles. The first-order valence-corrected chi connectivity index (χ1v) is 20.9. The summed E-state index contributed by atoms with van der Waals surface area (Å²) in [6, 6.07) is 1.52. The third-order valence-corrected chi connectivity index (χ3v) is 18.9. The largest absolute Gasteiger partial charge is 0.522 e. The van der Waals surface area contributed by atoms with Crippen LogP contribution in [0.4, 0.5) is 13.2 Å². The molecule has 0 aliphatic carbocycles. The van der Waals surface area contributed by atoms with E-state index in [1.165, 1.54) is 18.9 Å². The smallest absolute Gasteiger partial charge is 0.311 e. The molecule has 0 aromatic heterocycles. The third kappa shape index (κ3) is 21.7. The molecule has 39 heavy (non-hydrogen) atoms. The molecule has 0 bridgehead atoms. The van der Waals surface area contributed by atoms with Crippen molar-refractivity contribution in [1.82, 2.24) is 0 Å². The Kier molecular flexibility index (Phi) is 17.1. The second-order valence-electron chi connectivity index (χ2n) is 17.8. The molecule has 0 saturated carbocycles. The molecule has 0 aliphatic rings. The summed E-state index contributed by atoms with van der Waals surface area (Å²) in [5, 5.41) is 1.25. The molecular formula is C29H67F3O3SSi3. The van der Waals surface area contributed by atoms with Gasteiger partial charge in [-0.05, 0) is 30.2 Å². The summed E-state index contributed by atoms with van der Waals surface area (Å²) in [6.07, 6.45) is 2.79. The maximum absolute atomic E-state index is 12.3. The molecule has 0 spiro atoms. The lowest BCUT2D eigenvalue weighted by Gasteiger charge is -2.39. The zero-order valence-electron chi connectivity index (χ0n) is 29.3. The van der Waals surface area contributed by atoms with Crippen LogP contribution in [0.2, 0.25) is 36.3 Å². The highest BCUT2D eigenvalue weighted by Gasteiger charge is 2.52. The number of rotatable bonds is 5. The molecular weight excluding hydrogens is 570 g/mol. The van der Waals surface area contributed by atoms with E-state index in [9.17, 15) is 21.6 Å². The fourth-order valence-corrected chi connectivity index (χ4v) is 20.6. The highest BCUT2D eigenvalue weighted by atomic mass is 32.2. The normalized spacial score (nSPS) is 14.6. The fraction of sp³-hybridized carbons (Fsp3) is 1.00. The van der Waals surface area contributed by atoms with Gasteiger partial charge in [0.05, 0.1) is 0 Å². The van der Waals surface area contributed by atoms with Crippen molar-refractivity contribution < 1.29 is 25.5 Å². The maximum Gasteiger partial charge on any atom is 0.522 e. The van der Waals surface area contributed by atoms with Crippen LogP contribution in [-0.4, -0.2) is 41.3 Å². The van der Waals surface area contributed by atoms with E-state index in [2.05, 4.69) is 93.9 Å². The van der Waals surface area contributed by atoms with Gasteiger partial charge in [-0.3, -0.25) is 0 Å². The Morgan fingerprint density at radius 3 is 1.08 bits per heavy atom. The molecule has 3 nitrogen and oxygen atoms in total. The van der Waals surface area contributed by atoms with Gasteiger partial charge in [0.2, 0.25) is 9.04 Å². The van der Waals surface area contributed by atoms with Crippen molar-refractivity contribution in [3.8, 4) is 0 Å². The molecule has 0 aromatic rings. The van der Waals surface area contributed by atoms with Crippen LogP contribution in [0.3, 0.4) is 0 Å². The van der Waals surface area contributed by atoms with Crippen LogP contribution in [-0.2, 0) is 14.0 Å². The minimum atomic E-state index is -5.50. The molecule has 0 amide bonds. The standard InChI is InChI=1S/C12H28Si.C9H19F3O3SSi.C8H20Si/c1-8-9-10-13(11(2,3)4)12(5,6)7;1-7(2,3)17(8(4,5)6)15-16(13,14)9(10,11)12;1-7(2,3)9-8(4,5)6/h13H,8-10H2,1-7H3;17H,1-6H3;9H2,1-6H3. The van der Waals surface area contributed by atoms with Gasteiger partial charge in [-0.2, -0.15) is 21.6 Å². The first-order valence-electron chi connectivity index (χ1n) is 14.5. The van der Waals surface area contributed by atoms with Crippen molar-refractivity contribution in [3.63, 3.8) is 0 Å². The topological polar surface area (TPSA) is 43.4 Å². The molecule has 0 aliphatic heterocycles. The second kappa shape index (κ2) is 15.2. The molecule has 0 atom stereocenters. The molecule has 0 heterocycles. The van der Waals surface area contributed by atoms with Gasteiger partial charge in [0, 0.05) is 18.3 Å². The fourth-order valence-electron chi connectivity index (χ4n) is 5.93. The Balaban J connectivity index is -0.000000524. The molecule has 0 saturated heterocycles. The summed E-state index contributed by atoms with van der Waals surface area (Å²) < 4.78 is 63.4. The quantitative estimate of drug-likeness (QED) is 0.223. The van der Waals surface area contributed by atoms with Crippen LogP contribution in [0.15, 0.2) is 0 Å². The van der Waals surface area contributed by atoms with Crippen molar-refractivity contribution in [2.45, 2.75) is 186 Å². The first kappa shape index (κ1) is 43.8. The van der Waals surface area contributed by atoms with E-state index in [0.29, 0.717) is 20.2 Å². The maximum atomic E-state index is 12.3. The predicted octanol–water partition coefficient (Wildman–Crippen LogP) is 10.4. The number of unbranched alkanes of at least 4 members (excludes halogenated alkanes) is 1. The van der Waals surface area contributed by atoms with Gasteiger partial charge in [-0.1, -0.05) is 150 Å². The lowest BCUT2D eigenvalue weighted by molar-refractivity contribution is -0.0504. The Morgan fingerprint density at radius 2 is 0.923 bits per heavy atom. The van der Waals surface area contributed by atoms with E-state index in [1.54, 1.807) is 41.5 Å². The molecule has 0 N–H and O–H groups in total. The van der Waals surface area contributed by atoms with Gasteiger partial charge in [-0.15, -0.1) is 0 Å². The Hall–Kier alpha value is 0.351. The van der Waals surface area contributed by atoms with Gasteiger partial charge in [-0.25, -0.2) is 0 Å². The summed E-state index contributed by atoms with van der Waals surface area (Å²) in [7, 11) is -8.68. The lowest BCUT2D eigenvalue weighted by atomic mass is 10.2. The molecule has 0 fully saturated rings. The average Bonchev–Trinajstić information content (AvgIpc) is 2.52. The van der Waals surface area contributed by atoms with Crippen LogP contribution in [0.1, 0.15) is 144 Å². The molecule has 0 radical (unpaired) electrons. The summed E-state index contributed by atoms with van der Waals surface area (Å²) in [5.74, 6) is 0. The number of alkyl halides is 3. The van der Waals surface area contributed by atoms with Gasteiger partial charge >= 0.3 is 15.6 Å². The highest BCUT2D eigenvalue weighted by molar-refractivity contribution is 7.88. The molecule has 0 rings (SSSR count). The van der Waals surface area contributed by atoms with Crippen LogP contribution in [0.25, 0.3) is 0 Å². The van der Waals surface area contributed by atoms with E-state index in [4.69, 9.17) is 0 Å². The lowest BCUT2D eigenvalue weighted by Crippen LogP contribution is -2.43. The Labute approximate surface area is 248 Å². The Bertz CT molecular complexity index is 746. The van der Waals surface area contributed by atoms with Crippen LogP contribution < -0.4 is 0 Å². The van der Waals surface area contributed by atoms with Gasteiger partial charge in [0.15, 0.2) is 0 Å². The molecule has 240 valence electrons. The SMILES string of the molecule is CC(C)(C)[SiH2]C(C)(C)C.CC(C)(C)[SiH](OS(=O)(=O)C(F)(F)F)C(C)(C)C.CCCC[SiH](C(C)(C)C)C(C)(C)C. The second-order valence-corrected chi connectivity index (χ2v) is 33.9. The van der Waals surface area contributed by atoms with Crippen molar-refractivity contribution in [1.29, 1.82) is 0 Å². The van der Waals surface area contributed by atoms with E-state index >= 15 is 0 Å². The third-order valence-electron chi connectivity index (χ3n) is 6.08. The van der Waals surface area contributed by atoms with Crippen LogP contribution in [0.5, 0.6) is 0 Å². The minimum Gasteiger partial charge on any atom is -0.311 e. The van der Waals surface area contributed by atoms with Gasteiger partial charge in [0.25, 0.3) is 0 Å². The number of hydrogen-bond acceptors (Lipinski definition) is 3. The zero-order chi connectivity index (χ0) is 32.7. The predicted molar refractivity (Wildman–Crippen MR) is 177 cm³/mol. The highest BCUT2D eigenvalue weighted by Crippen LogP contribution is 2.45. The minimum absolute atomic E-state index is 0.0880. The van der Waals surface area contributed by atoms with Crippen molar-refractivity contribution in [3.05, 3.63) is 0 Å².